The van der Waals surface area contributed by atoms with Gasteiger partial charge in [0.2, 0.25) is 0 Å². The lowest BCUT2D eigenvalue weighted by Crippen LogP contribution is -2.70. The predicted octanol–water partition coefficient (Wildman–Crippen LogP) is 6.18. The first-order valence-corrected chi connectivity index (χ1v) is 13.1. The Kier molecular flexibility index (Phi) is 4.86. The van der Waals surface area contributed by atoms with Crippen molar-refractivity contribution < 1.29 is 10.2 Å². The van der Waals surface area contributed by atoms with Gasteiger partial charge in [0, 0.05) is 11.9 Å². The monoisotopic (exact) mass is 439 g/mol. The summed E-state index contributed by atoms with van der Waals surface area (Å²) < 4.78 is 0. The van der Waals surface area contributed by atoms with Crippen LogP contribution in [0.4, 0.5) is 0 Å². The molecule has 9 atom stereocenters. The lowest BCUT2D eigenvalue weighted by Gasteiger charge is -2.77. The maximum Gasteiger partial charge on any atom is 0.0631 e. The summed E-state index contributed by atoms with van der Waals surface area (Å²) in [6.45, 7) is 15.2. The second kappa shape index (κ2) is 6.81. The molecule has 4 saturated carbocycles. The second-order valence-electron chi connectivity index (χ2n) is 13.6. The summed E-state index contributed by atoms with van der Waals surface area (Å²) in [7, 11) is 0. The summed E-state index contributed by atoms with van der Waals surface area (Å²) >= 11 is 0. The van der Waals surface area contributed by atoms with Crippen molar-refractivity contribution in [3.05, 3.63) is 30.1 Å². The van der Waals surface area contributed by atoms with Crippen LogP contribution in [0.5, 0.6) is 0 Å². The van der Waals surface area contributed by atoms with E-state index in [2.05, 4.69) is 58.7 Å². The highest BCUT2D eigenvalue weighted by molar-refractivity contribution is 5.26. The number of aliphatic hydroxyl groups is 2. The molecule has 178 valence electrons. The smallest absolute Gasteiger partial charge is 0.0631 e. The number of hydrogen-bond acceptors (Lipinski definition) is 3. The third-order valence-electron chi connectivity index (χ3n) is 13.2. The van der Waals surface area contributed by atoms with Crippen LogP contribution in [0.1, 0.15) is 98.6 Å². The molecule has 2 unspecified atom stereocenters. The molecule has 0 radical (unpaired) electrons. The van der Waals surface area contributed by atoms with Crippen molar-refractivity contribution >= 4 is 0 Å². The topological polar surface area (TPSA) is 53.4 Å². The third kappa shape index (κ3) is 2.48. The van der Waals surface area contributed by atoms with Crippen LogP contribution in [0.25, 0.3) is 0 Å². The fraction of sp³-hybridized carbons (Fsp3) is 0.828. The van der Waals surface area contributed by atoms with Gasteiger partial charge in [0.1, 0.15) is 0 Å². The van der Waals surface area contributed by atoms with Crippen LogP contribution in [-0.4, -0.2) is 27.4 Å². The molecular weight excluding hydrogens is 394 g/mol. The molecule has 4 aliphatic carbocycles. The first kappa shape index (κ1) is 22.8. The zero-order valence-electron chi connectivity index (χ0n) is 21.2. The van der Waals surface area contributed by atoms with Gasteiger partial charge in [-0.3, -0.25) is 4.98 Å². The quantitative estimate of drug-likeness (QED) is 0.579. The average Bonchev–Trinajstić information content (AvgIpc) is 2.95. The van der Waals surface area contributed by atoms with Crippen molar-refractivity contribution in [1.82, 2.24) is 4.98 Å². The molecule has 2 N–H and O–H groups in total. The van der Waals surface area contributed by atoms with Gasteiger partial charge in [-0.05, 0) is 108 Å². The van der Waals surface area contributed by atoms with Crippen molar-refractivity contribution in [2.24, 2.45) is 38.4 Å². The number of nitrogens with zero attached hydrogens (tertiary/aromatic N) is 1. The van der Waals surface area contributed by atoms with E-state index in [1.54, 1.807) is 0 Å². The summed E-state index contributed by atoms with van der Waals surface area (Å²) in [5, 5.41) is 22.4. The molecular formula is C29H45NO2. The van der Waals surface area contributed by atoms with Gasteiger partial charge >= 0.3 is 0 Å². The standard InChI is InChI=1S/C29H45NO2/c1-24-12-14-28(5)27(4,26(24,3)11-10-22(31)19-24)15-13-25(2)23(32)20(18-29(25,28)6)17-21-9-7-8-16-30-21/h7-9,16,20,22-23,31-32H,10-15,17-19H2,1-6H3/t20?,22-,23?,24-,25+,26-,27+,28+,29+/m1/s1. The first-order chi connectivity index (χ1) is 14.9. The van der Waals surface area contributed by atoms with E-state index in [0.29, 0.717) is 0 Å². The fourth-order valence-electron chi connectivity index (χ4n) is 10.2. The fourth-order valence-corrected chi connectivity index (χ4v) is 10.2. The molecule has 5 rings (SSSR count). The zero-order valence-corrected chi connectivity index (χ0v) is 21.2. The summed E-state index contributed by atoms with van der Waals surface area (Å²) in [5.74, 6) is 0.272. The number of aromatic nitrogens is 1. The van der Waals surface area contributed by atoms with Gasteiger partial charge in [0.15, 0.2) is 0 Å². The third-order valence-corrected chi connectivity index (χ3v) is 13.2. The normalized spacial score (nSPS) is 55.1. The van der Waals surface area contributed by atoms with E-state index in [9.17, 15) is 10.2 Å². The van der Waals surface area contributed by atoms with Crippen molar-refractivity contribution in [2.75, 3.05) is 0 Å². The molecule has 0 amide bonds. The lowest BCUT2D eigenvalue weighted by atomic mass is 9.27. The van der Waals surface area contributed by atoms with Crippen LogP contribution >= 0.6 is 0 Å². The average molecular weight is 440 g/mol. The summed E-state index contributed by atoms with van der Waals surface area (Å²) in [4.78, 5) is 4.60. The molecule has 3 nitrogen and oxygen atoms in total. The largest absolute Gasteiger partial charge is 0.393 e. The minimum atomic E-state index is -0.273. The Morgan fingerprint density at radius 2 is 1.50 bits per heavy atom. The van der Waals surface area contributed by atoms with E-state index < -0.39 is 0 Å². The molecule has 0 aromatic carbocycles. The molecule has 32 heavy (non-hydrogen) atoms. The Morgan fingerprint density at radius 3 is 2.19 bits per heavy atom. The van der Waals surface area contributed by atoms with Gasteiger partial charge in [0.25, 0.3) is 0 Å². The molecule has 3 heteroatoms. The van der Waals surface area contributed by atoms with Crippen molar-refractivity contribution in [2.45, 2.75) is 112 Å². The number of fused-ring (bicyclic) bond motifs is 5. The number of aliphatic hydroxyl groups excluding tert-OH is 2. The lowest BCUT2D eigenvalue weighted by molar-refractivity contribution is -0.292. The summed E-state index contributed by atoms with van der Waals surface area (Å²) in [6.07, 6.45) is 11.1. The molecule has 4 fully saturated rings. The molecule has 0 saturated heterocycles. The number of hydrogen-bond donors (Lipinski definition) is 2. The van der Waals surface area contributed by atoms with Gasteiger partial charge in [-0.1, -0.05) is 47.6 Å². The predicted molar refractivity (Wildman–Crippen MR) is 129 cm³/mol. The van der Waals surface area contributed by atoms with E-state index in [0.717, 1.165) is 44.2 Å². The van der Waals surface area contributed by atoms with E-state index in [1.165, 1.54) is 19.3 Å². The van der Waals surface area contributed by atoms with Gasteiger partial charge < -0.3 is 10.2 Å². The van der Waals surface area contributed by atoms with E-state index in [1.807, 2.05) is 12.3 Å². The number of pyridine rings is 1. The highest BCUT2D eigenvalue weighted by Gasteiger charge is 2.77. The molecule has 0 aliphatic heterocycles. The van der Waals surface area contributed by atoms with Gasteiger partial charge in [-0.25, -0.2) is 0 Å². The maximum atomic E-state index is 11.8. The summed E-state index contributed by atoms with van der Waals surface area (Å²) in [6, 6.07) is 6.16. The number of rotatable bonds is 2. The first-order valence-electron chi connectivity index (χ1n) is 13.1. The highest BCUT2D eigenvalue weighted by atomic mass is 16.3. The van der Waals surface area contributed by atoms with Crippen LogP contribution in [0.15, 0.2) is 24.4 Å². The molecule has 1 heterocycles. The van der Waals surface area contributed by atoms with Crippen LogP contribution in [0.2, 0.25) is 0 Å². The van der Waals surface area contributed by atoms with E-state index >= 15 is 0 Å². The maximum absolute atomic E-state index is 11.8. The molecule has 4 aliphatic rings. The highest BCUT2D eigenvalue weighted by Crippen LogP contribution is 2.83. The van der Waals surface area contributed by atoms with Crippen LogP contribution < -0.4 is 0 Å². The molecule has 1 aromatic heterocycles. The van der Waals surface area contributed by atoms with Crippen LogP contribution in [0.3, 0.4) is 0 Å². The van der Waals surface area contributed by atoms with E-state index in [4.69, 9.17) is 0 Å². The van der Waals surface area contributed by atoms with E-state index in [-0.39, 0.29) is 50.6 Å². The van der Waals surface area contributed by atoms with Crippen LogP contribution in [-0.2, 0) is 6.42 Å². The van der Waals surface area contributed by atoms with Crippen LogP contribution in [0, 0.1) is 38.4 Å². The van der Waals surface area contributed by atoms with Gasteiger partial charge in [0.05, 0.1) is 12.2 Å². The van der Waals surface area contributed by atoms with Crippen molar-refractivity contribution in [3.8, 4) is 0 Å². The summed E-state index contributed by atoms with van der Waals surface area (Å²) in [5.41, 5.74) is 1.95. The minimum absolute atomic E-state index is 0.0566. The Balaban J connectivity index is 1.56. The SMILES string of the molecule is C[C@]12CC[C@@]3(C)[C@@](C)(CC[C@@]4(C)C(O)C(Cc5ccccn5)C[C@]34C)[C@]1(C)CC[C@@H](O)C2. The second-order valence-corrected chi connectivity index (χ2v) is 13.6. The Morgan fingerprint density at radius 1 is 0.812 bits per heavy atom. The molecule has 0 spiro atoms. The van der Waals surface area contributed by atoms with Gasteiger partial charge in [-0.15, -0.1) is 0 Å². The molecule has 1 aromatic rings. The Labute approximate surface area is 195 Å². The molecule has 0 bridgehead atoms. The van der Waals surface area contributed by atoms with Crippen molar-refractivity contribution in [1.29, 1.82) is 0 Å². The van der Waals surface area contributed by atoms with Gasteiger partial charge in [-0.2, -0.15) is 0 Å². The Hall–Kier alpha value is -0.930. The van der Waals surface area contributed by atoms with Crippen molar-refractivity contribution in [3.63, 3.8) is 0 Å². The Bertz CT molecular complexity index is 888. The minimum Gasteiger partial charge on any atom is -0.393 e. The zero-order chi connectivity index (χ0) is 23.2.